The molecule has 0 spiro atoms. The highest BCUT2D eigenvalue weighted by molar-refractivity contribution is 7.91. The summed E-state index contributed by atoms with van der Waals surface area (Å²) >= 11 is 11.9. The van der Waals surface area contributed by atoms with Crippen LogP contribution in [-0.2, 0) is 16.4 Å². The zero-order valence-electron chi connectivity index (χ0n) is 13.8. The minimum atomic E-state index is -2.90. The van der Waals surface area contributed by atoms with E-state index in [0.717, 1.165) is 5.56 Å². The van der Waals surface area contributed by atoms with Gasteiger partial charge in [0.05, 0.1) is 22.1 Å². The van der Waals surface area contributed by atoms with E-state index in [9.17, 15) is 13.2 Å². The molecule has 0 unspecified atom stereocenters. The van der Waals surface area contributed by atoms with Crippen LogP contribution in [0, 0.1) is 0 Å². The topological polar surface area (TPSA) is 75.3 Å². The molecule has 0 saturated carbocycles. The molecule has 0 aromatic heterocycles. The van der Waals surface area contributed by atoms with Gasteiger partial charge in [0.1, 0.15) is 0 Å². The Hall–Kier alpha value is -1.60. The molecule has 1 saturated heterocycles. The van der Waals surface area contributed by atoms with Crippen LogP contribution < -0.4 is 10.6 Å². The molecule has 1 aliphatic rings. The molecule has 0 bridgehead atoms. The van der Waals surface area contributed by atoms with Crippen molar-refractivity contribution in [2.45, 2.75) is 19.0 Å². The maximum atomic E-state index is 12.4. The number of sulfone groups is 1. The predicted octanol–water partition coefficient (Wildman–Crippen LogP) is 3.52. The first-order valence-electron chi connectivity index (χ1n) is 8.11. The van der Waals surface area contributed by atoms with Crippen molar-refractivity contribution in [3.8, 4) is 0 Å². The SMILES string of the molecule is O=C(Nc1cccc(CN[C@H]2CCS(=O)(=O)C2)c1)c1ccc(Cl)cc1Cl. The molecule has 2 N–H and O–H groups in total. The molecule has 8 heteroatoms. The lowest BCUT2D eigenvalue weighted by Crippen LogP contribution is -2.29. The second-order valence-electron chi connectivity index (χ2n) is 6.26. The summed E-state index contributed by atoms with van der Waals surface area (Å²) in [6, 6.07) is 12.1. The number of benzene rings is 2. The van der Waals surface area contributed by atoms with Crippen LogP contribution in [0.15, 0.2) is 42.5 Å². The molecule has 3 rings (SSSR count). The van der Waals surface area contributed by atoms with E-state index in [1.54, 1.807) is 18.2 Å². The van der Waals surface area contributed by atoms with Gasteiger partial charge in [-0.1, -0.05) is 35.3 Å². The Bertz CT molecular complexity index is 932. The maximum absolute atomic E-state index is 12.4. The number of amides is 1. The van der Waals surface area contributed by atoms with E-state index < -0.39 is 9.84 Å². The summed E-state index contributed by atoms with van der Waals surface area (Å²) in [5.41, 5.74) is 1.93. The fourth-order valence-corrected chi connectivity index (χ4v) is 5.05. The van der Waals surface area contributed by atoms with Gasteiger partial charge in [0, 0.05) is 23.3 Å². The quantitative estimate of drug-likeness (QED) is 0.787. The molecule has 1 amide bonds. The van der Waals surface area contributed by atoms with Crippen LogP contribution in [0.25, 0.3) is 0 Å². The van der Waals surface area contributed by atoms with Crippen molar-refractivity contribution in [2.24, 2.45) is 0 Å². The highest BCUT2D eigenvalue weighted by Crippen LogP contribution is 2.22. The fourth-order valence-electron chi connectivity index (χ4n) is 2.85. The summed E-state index contributed by atoms with van der Waals surface area (Å²) in [5, 5.41) is 6.82. The van der Waals surface area contributed by atoms with Gasteiger partial charge >= 0.3 is 0 Å². The van der Waals surface area contributed by atoms with Gasteiger partial charge in [-0.2, -0.15) is 0 Å². The number of carbonyl (C=O) groups excluding carboxylic acids is 1. The average Bonchev–Trinajstić information content (AvgIpc) is 2.92. The van der Waals surface area contributed by atoms with Crippen molar-refractivity contribution in [2.75, 3.05) is 16.8 Å². The van der Waals surface area contributed by atoms with Gasteiger partial charge in [0.15, 0.2) is 9.84 Å². The van der Waals surface area contributed by atoms with Gasteiger partial charge in [0.25, 0.3) is 5.91 Å². The van der Waals surface area contributed by atoms with Gasteiger partial charge in [-0.3, -0.25) is 4.79 Å². The van der Waals surface area contributed by atoms with E-state index in [4.69, 9.17) is 23.2 Å². The highest BCUT2D eigenvalue weighted by atomic mass is 35.5. The van der Waals surface area contributed by atoms with Crippen molar-refractivity contribution in [3.63, 3.8) is 0 Å². The first-order valence-corrected chi connectivity index (χ1v) is 10.7. The first kappa shape index (κ1) is 19.2. The molecule has 1 atom stereocenters. The molecule has 26 heavy (non-hydrogen) atoms. The maximum Gasteiger partial charge on any atom is 0.257 e. The second kappa shape index (κ2) is 7.96. The van der Waals surface area contributed by atoms with Crippen LogP contribution >= 0.6 is 23.2 Å². The van der Waals surface area contributed by atoms with Gasteiger partial charge in [0.2, 0.25) is 0 Å². The first-order chi connectivity index (χ1) is 12.3. The molecule has 1 aliphatic heterocycles. The van der Waals surface area contributed by atoms with Crippen molar-refractivity contribution in [1.82, 2.24) is 5.32 Å². The number of nitrogens with one attached hydrogen (secondary N) is 2. The van der Waals surface area contributed by atoms with Crippen molar-refractivity contribution in [1.29, 1.82) is 0 Å². The molecule has 0 aliphatic carbocycles. The fraction of sp³-hybridized carbons (Fsp3) is 0.278. The minimum absolute atomic E-state index is 0.0221. The lowest BCUT2D eigenvalue weighted by Gasteiger charge is -2.12. The third-order valence-corrected chi connectivity index (χ3v) is 6.50. The number of halogens is 2. The average molecular weight is 413 g/mol. The van der Waals surface area contributed by atoms with E-state index >= 15 is 0 Å². The summed E-state index contributed by atoms with van der Waals surface area (Å²) < 4.78 is 23.0. The van der Waals surface area contributed by atoms with Crippen LogP contribution in [0.4, 0.5) is 5.69 Å². The van der Waals surface area contributed by atoms with Crippen LogP contribution in [0.2, 0.25) is 10.0 Å². The monoisotopic (exact) mass is 412 g/mol. The highest BCUT2D eigenvalue weighted by Gasteiger charge is 2.27. The number of hydrogen-bond donors (Lipinski definition) is 2. The minimum Gasteiger partial charge on any atom is -0.322 e. The zero-order valence-corrected chi connectivity index (χ0v) is 16.2. The number of rotatable bonds is 5. The van der Waals surface area contributed by atoms with Crippen LogP contribution in [0.5, 0.6) is 0 Å². The van der Waals surface area contributed by atoms with Crippen LogP contribution in [-0.4, -0.2) is 31.9 Å². The van der Waals surface area contributed by atoms with E-state index in [1.165, 1.54) is 6.07 Å². The van der Waals surface area contributed by atoms with Crippen molar-refractivity contribution in [3.05, 3.63) is 63.6 Å². The molecular weight excluding hydrogens is 395 g/mol. The molecule has 1 heterocycles. The van der Waals surface area contributed by atoms with Crippen molar-refractivity contribution < 1.29 is 13.2 Å². The molecule has 2 aromatic rings. The Labute approximate surface area is 162 Å². The molecular formula is C18H18Cl2N2O3S. The number of hydrogen-bond acceptors (Lipinski definition) is 4. The van der Waals surface area contributed by atoms with E-state index in [1.807, 2.05) is 18.2 Å². The molecule has 0 radical (unpaired) electrons. The Kier molecular flexibility index (Phi) is 5.87. The van der Waals surface area contributed by atoms with Crippen LogP contribution in [0.3, 0.4) is 0 Å². The molecule has 2 aromatic carbocycles. The van der Waals surface area contributed by atoms with Gasteiger partial charge in [-0.15, -0.1) is 0 Å². The summed E-state index contributed by atoms with van der Waals surface area (Å²) in [6.07, 6.45) is 0.633. The molecule has 5 nitrogen and oxygen atoms in total. The second-order valence-corrected chi connectivity index (χ2v) is 9.33. The van der Waals surface area contributed by atoms with Gasteiger partial charge in [-0.05, 0) is 42.3 Å². The van der Waals surface area contributed by atoms with E-state index in [0.29, 0.717) is 29.2 Å². The summed E-state index contributed by atoms with van der Waals surface area (Å²) in [5.74, 6) is 0.0971. The van der Waals surface area contributed by atoms with Crippen LogP contribution in [0.1, 0.15) is 22.3 Å². The summed E-state index contributed by atoms with van der Waals surface area (Å²) in [7, 11) is -2.90. The standard InChI is InChI=1S/C18H18Cl2N2O3S/c19-13-4-5-16(17(20)9-13)18(23)22-14-3-1-2-12(8-14)10-21-15-6-7-26(24,25)11-15/h1-5,8-9,15,21H,6-7,10-11H2,(H,22,23)/t15-/m0/s1. The third-order valence-electron chi connectivity index (χ3n) is 4.19. The number of carbonyl (C=O) groups is 1. The van der Waals surface area contributed by atoms with E-state index in [-0.39, 0.29) is 28.5 Å². The Morgan fingerprint density at radius 1 is 1.15 bits per heavy atom. The Morgan fingerprint density at radius 2 is 1.96 bits per heavy atom. The smallest absolute Gasteiger partial charge is 0.257 e. The lowest BCUT2D eigenvalue weighted by molar-refractivity contribution is 0.102. The zero-order chi connectivity index (χ0) is 18.7. The summed E-state index contributed by atoms with van der Waals surface area (Å²) in [6.45, 7) is 0.533. The largest absolute Gasteiger partial charge is 0.322 e. The van der Waals surface area contributed by atoms with E-state index in [2.05, 4.69) is 10.6 Å². The van der Waals surface area contributed by atoms with Gasteiger partial charge in [-0.25, -0.2) is 8.42 Å². The normalized spacial score (nSPS) is 18.6. The lowest BCUT2D eigenvalue weighted by atomic mass is 10.1. The summed E-state index contributed by atoms with van der Waals surface area (Å²) in [4.78, 5) is 12.4. The molecule has 1 fully saturated rings. The Morgan fingerprint density at radius 3 is 2.65 bits per heavy atom. The number of anilines is 1. The Balaban J connectivity index is 1.63. The molecule has 138 valence electrons. The predicted molar refractivity (Wildman–Crippen MR) is 105 cm³/mol. The van der Waals surface area contributed by atoms with Crippen molar-refractivity contribution >= 4 is 44.6 Å². The van der Waals surface area contributed by atoms with Gasteiger partial charge < -0.3 is 10.6 Å². The third kappa shape index (κ3) is 4.98.